The van der Waals surface area contributed by atoms with Crippen molar-refractivity contribution in [3.05, 3.63) is 0 Å². The Bertz CT molecular complexity index is 189. The van der Waals surface area contributed by atoms with Gasteiger partial charge in [0.05, 0.1) is 51.8 Å². The Morgan fingerprint density at radius 2 is 1.32 bits per heavy atom. The maximum absolute atomic E-state index is 9.65. The van der Waals surface area contributed by atoms with E-state index in [1.165, 1.54) is 0 Å². The van der Waals surface area contributed by atoms with Gasteiger partial charge in [-0.3, -0.25) is 0 Å². The molecule has 0 radical (unpaired) electrons. The highest BCUT2D eigenvalue weighted by molar-refractivity contribution is 4.73. The zero-order chi connectivity index (χ0) is 17.1. The molecule has 0 aliphatic heterocycles. The second-order valence-corrected chi connectivity index (χ2v) is 4.93. The minimum atomic E-state index is -0.699. The summed E-state index contributed by atoms with van der Waals surface area (Å²) in [7, 11) is 1.66. The van der Waals surface area contributed by atoms with Crippen molar-refractivity contribution < 1.29 is 29.2 Å². The van der Waals surface area contributed by atoms with E-state index in [0.29, 0.717) is 52.5 Å². The highest BCUT2D eigenvalue weighted by Crippen LogP contribution is 2.14. The topological polar surface area (TPSA) is 77.4 Å². The van der Waals surface area contributed by atoms with Crippen LogP contribution in [0, 0.1) is 0 Å². The van der Waals surface area contributed by atoms with Crippen LogP contribution >= 0.6 is 0 Å². The van der Waals surface area contributed by atoms with Crippen LogP contribution in [0.3, 0.4) is 0 Å². The van der Waals surface area contributed by atoms with E-state index in [0.717, 1.165) is 13.0 Å². The van der Waals surface area contributed by atoms with E-state index in [2.05, 4.69) is 6.92 Å². The van der Waals surface area contributed by atoms with E-state index >= 15 is 0 Å². The number of hydrogen-bond donors (Lipinski definition) is 2. The van der Waals surface area contributed by atoms with Crippen LogP contribution in [0.15, 0.2) is 0 Å². The van der Waals surface area contributed by atoms with Gasteiger partial charge in [-0.05, 0) is 19.3 Å². The normalized spacial score (nSPS) is 11.2. The van der Waals surface area contributed by atoms with Crippen LogP contribution in [0.25, 0.3) is 0 Å². The zero-order valence-corrected chi connectivity index (χ0v) is 14.8. The van der Waals surface area contributed by atoms with Gasteiger partial charge < -0.3 is 29.2 Å². The number of rotatable bonds is 14. The van der Waals surface area contributed by atoms with Crippen molar-refractivity contribution in [1.29, 1.82) is 0 Å². The molecule has 136 valence electrons. The monoisotopic (exact) mass is 324 g/mol. The van der Waals surface area contributed by atoms with Crippen molar-refractivity contribution in [2.24, 2.45) is 0 Å². The molecule has 6 nitrogen and oxygen atoms in total. The lowest BCUT2D eigenvalue weighted by molar-refractivity contribution is -0.0568. The molecule has 0 fully saturated rings. The zero-order valence-electron chi connectivity index (χ0n) is 14.8. The van der Waals surface area contributed by atoms with Crippen LogP contribution in [0.2, 0.25) is 0 Å². The van der Waals surface area contributed by atoms with Gasteiger partial charge in [0.1, 0.15) is 0 Å². The van der Waals surface area contributed by atoms with Crippen molar-refractivity contribution in [2.75, 3.05) is 60.0 Å². The van der Waals surface area contributed by atoms with E-state index in [-0.39, 0.29) is 6.61 Å². The molecule has 6 heteroatoms. The summed E-state index contributed by atoms with van der Waals surface area (Å²) < 4.78 is 20.2. The lowest BCUT2D eigenvalue weighted by Gasteiger charge is -2.24. The van der Waals surface area contributed by atoms with Crippen molar-refractivity contribution in [3.8, 4) is 0 Å². The van der Waals surface area contributed by atoms with E-state index in [9.17, 15) is 5.11 Å². The fourth-order valence-corrected chi connectivity index (χ4v) is 1.39. The second-order valence-electron chi connectivity index (χ2n) is 4.93. The Kier molecular flexibility index (Phi) is 20.5. The summed E-state index contributed by atoms with van der Waals surface area (Å²) in [6.45, 7) is 10.1. The molecule has 0 aliphatic carbocycles. The van der Waals surface area contributed by atoms with Crippen LogP contribution in [-0.2, 0) is 18.9 Å². The number of hydrogen-bond acceptors (Lipinski definition) is 6. The molecule has 0 heterocycles. The maximum atomic E-state index is 9.65. The molecule has 0 saturated carbocycles. The molecule has 0 atom stereocenters. The number of aliphatic hydroxyl groups excluding tert-OH is 1. The first-order chi connectivity index (χ1) is 10.6. The summed E-state index contributed by atoms with van der Waals surface area (Å²) >= 11 is 0. The SMILES string of the molecule is CCC(O)(CC)COCCO.CCCOCCOCCOC. The number of aliphatic hydroxyl groups is 2. The van der Waals surface area contributed by atoms with Crippen LogP contribution < -0.4 is 0 Å². The van der Waals surface area contributed by atoms with Crippen LogP contribution in [0.4, 0.5) is 0 Å². The molecule has 0 aliphatic rings. The summed E-state index contributed by atoms with van der Waals surface area (Å²) in [4.78, 5) is 0. The Balaban J connectivity index is 0. The first-order valence-corrected chi connectivity index (χ1v) is 8.15. The molecule has 0 spiro atoms. The fraction of sp³-hybridized carbons (Fsp3) is 1.00. The van der Waals surface area contributed by atoms with Crippen LogP contribution in [-0.4, -0.2) is 75.8 Å². The quantitative estimate of drug-likeness (QED) is 0.473. The van der Waals surface area contributed by atoms with Gasteiger partial charge in [-0.2, -0.15) is 0 Å². The van der Waals surface area contributed by atoms with Crippen molar-refractivity contribution >= 4 is 0 Å². The first kappa shape index (κ1) is 24.0. The largest absolute Gasteiger partial charge is 0.394 e. The average Bonchev–Trinajstić information content (AvgIpc) is 2.55. The Morgan fingerprint density at radius 1 is 0.773 bits per heavy atom. The molecule has 0 unspecified atom stereocenters. The van der Waals surface area contributed by atoms with E-state index in [1.54, 1.807) is 7.11 Å². The molecule has 0 amide bonds. The van der Waals surface area contributed by atoms with Gasteiger partial charge in [0.25, 0.3) is 0 Å². The summed E-state index contributed by atoms with van der Waals surface area (Å²) in [6, 6.07) is 0. The third-order valence-electron chi connectivity index (χ3n) is 3.07. The Hall–Kier alpha value is -0.240. The molecule has 0 rings (SSSR count). The molecule has 2 N–H and O–H groups in total. The van der Waals surface area contributed by atoms with Crippen molar-refractivity contribution in [2.45, 2.75) is 45.6 Å². The highest BCUT2D eigenvalue weighted by atomic mass is 16.5. The predicted octanol–water partition coefficient (Wildman–Crippen LogP) is 1.62. The van der Waals surface area contributed by atoms with E-state index in [4.69, 9.17) is 24.1 Å². The van der Waals surface area contributed by atoms with E-state index < -0.39 is 5.60 Å². The smallest absolute Gasteiger partial charge is 0.0874 e. The van der Waals surface area contributed by atoms with Crippen molar-refractivity contribution in [1.82, 2.24) is 0 Å². The second kappa shape index (κ2) is 18.8. The molecule has 0 aromatic rings. The molecular weight excluding hydrogens is 288 g/mol. The minimum Gasteiger partial charge on any atom is -0.394 e. The summed E-state index contributed by atoms with van der Waals surface area (Å²) in [5, 5.41) is 18.1. The van der Waals surface area contributed by atoms with Gasteiger partial charge in [-0.1, -0.05) is 20.8 Å². The third-order valence-corrected chi connectivity index (χ3v) is 3.07. The van der Waals surface area contributed by atoms with Gasteiger partial charge in [0, 0.05) is 13.7 Å². The summed E-state index contributed by atoms with van der Waals surface area (Å²) in [5.41, 5.74) is -0.699. The molecule has 22 heavy (non-hydrogen) atoms. The van der Waals surface area contributed by atoms with Gasteiger partial charge in [0.15, 0.2) is 0 Å². The van der Waals surface area contributed by atoms with Crippen LogP contribution in [0.5, 0.6) is 0 Å². The van der Waals surface area contributed by atoms with E-state index in [1.807, 2.05) is 13.8 Å². The van der Waals surface area contributed by atoms with Gasteiger partial charge in [0.2, 0.25) is 0 Å². The van der Waals surface area contributed by atoms with Gasteiger partial charge >= 0.3 is 0 Å². The summed E-state index contributed by atoms with van der Waals surface area (Å²) in [5.74, 6) is 0. The minimum absolute atomic E-state index is 0.0174. The number of methoxy groups -OCH3 is 1. The lowest BCUT2D eigenvalue weighted by atomic mass is 9.99. The molecular formula is C16H36O6. The predicted molar refractivity (Wildman–Crippen MR) is 87.2 cm³/mol. The molecule has 0 aromatic carbocycles. The van der Waals surface area contributed by atoms with Crippen molar-refractivity contribution in [3.63, 3.8) is 0 Å². The molecule has 0 saturated heterocycles. The van der Waals surface area contributed by atoms with Crippen LogP contribution in [0.1, 0.15) is 40.0 Å². The average molecular weight is 324 g/mol. The van der Waals surface area contributed by atoms with Gasteiger partial charge in [-0.15, -0.1) is 0 Å². The Labute approximate surface area is 135 Å². The van der Waals surface area contributed by atoms with Gasteiger partial charge in [-0.25, -0.2) is 0 Å². The number of ether oxygens (including phenoxy) is 4. The first-order valence-electron chi connectivity index (χ1n) is 8.15. The fourth-order valence-electron chi connectivity index (χ4n) is 1.39. The standard InChI is InChI=1S/2C8H18O3/c1-3-4-10-7-8-11-6-5-9-2;1-3-8(10,4-2)7-11-6-5-9/h3-8H2,1-2H3;9-10H,3-7H2,1-2H3. The summed E-state index contributed by atoms with van der Waals surface area (Å²) in [6.07, 6.45) is 2.45. The molecule has 0 aromatic heterocycles. The maximum Gasteiger partial charge on any atom is 0.0874 e. The lowest BCUT2D eigenvalue weighted by Crippen LogP contribution is -2.33. The highest BCUT2D eigenvalue weighted by Gasteiger charge is 2.21. The third kappa shape index (κ3) is 17.8. The Morgan fingerprint density at radius 3 is 1.77 bits per heavy atom. The molecule has 0 bridgehead atoms.